The van der Waals surface area contributed by atoms with Crippen LogP contribution in [0.25, 0.3) is 0 Å². The van der Waals surface area contributed by atoms with Crippen LogP contribution in [0.4, 0.5) is 0 Å². The van der Waals surface area contributed by atoms with Gasteiger partial charge in [-0.25, -0.2) is 0 Å². The summed E-state index contributed by atoms with van der Waals surface area (Å²) < 4.78 is 22.1. The van der Waals surface area contributed by atoms with Crippen molar-refractivity contribution in [3.8, 4) is 17.2 Å². The Morgan fingerprint density at radius 3 is 2.47 bits per heavy atom. The summed E-state index contributed by atoms with van der Waals surface area (Å²) in [7, 11) is 1.32. The number of ketones is 3. The molecule has 0 bridgehead atoms. The number of hydrogen-bond acceptors (Lipinski definition) is 13. The van der Waals surface area contributed by atoms with Gasteiger partial charge in [-0.05, 0) is 13.0 Å². The third kappa shape index (κ3) is 5.06. The molecule has 6 atom stereocenters. The first-order valence-electron chi connectivity index (χ1n) is 13.9. The van der Waals surface area contributed by atoms with E-state index in [1.54, 1.807) is 6.92 Å². The molecule has 3 aliphatic rings. The highest BCUT2D eigenvalue weighted by Crippen LogP contribution is 2.52. The molecular formula is C30H33NO12. The molecule has 230 valence electrons. The van der Waals surface area contributed by atoms with Gasteiger partial charge in [-0.1, -0.05) is 19.1 Å². The Morgan fingerprint density at radius 1 is 1.12 bits per heavy atom. The minimum atomic E-state index is -2.28. The Morgan fingerprint density at radius 2 is 1.81 bits per heavy atom. The van der Waals surface area contributed by atoms with E-state index in [-0.39, 0.29) is 40.8 Å². The van der Waals surface area contributed by atoms with Crippen LogP contribution in [0, 0.1) is 0 Å². The topological polar surface area (TPSA) is 212 Å². The molecule has 13 nitrogen and oxygen atoms in total. The lowest BCUT2D eigenvalue weighted by Gasteiger charge is -2.42. The monoisotopic (exact) mass is 599 g/mol. The number of benzene rings is 2. The molecule has 1 saturated heterocycles. The van der Waals surface area contributed by atoms with Gasteiger partial charge in [0.2, 0.25) is 11.6 Å². The van der Waals surface area contributed by atoms with Gasteiger partial charge in [0, 0.05) is 48.4 Å². The normalized spacial score (nSPS) is 28.0. The molecule has 2 aromatic rings. The predicted molar refractivity (Wildman–Crippen MR) is 146 cm³/mol. The number of aliphatic hydroxyl groups excluding tert-OH is 1. The smallest absolute Gasteiger partial charge is 0.305 e. The van der Waals surface area contributed by atoms with E-state index in [4.69, 9.17) is 24.7 Å². The number of fused-ring (bicyclic) bond motifs is 3. The van der Waals surface area contributed by atoms with Gasteiger partial charge in [0.15, 0.2) is 18.7 Å². The third-order valence-electron chi connectivity index (χ3n) is 8.31. The molecule has 1 aliphatic heterocycles. The summed E-state index contributed by atoms with van der Waals surface area (Å²) in [5, 5.41) is 44.9. The summed E-state index contributed by atoms with van der Waals surface area (Å²) in [5.74, 6) is -4.46. The van der Waals surface area contributed by atoms with E-state index in [2.05, 4.69) is 0 Å². The molecule has 2 aliphatic carbocycles. The van der Waals surface area contributed by atoms with Gasteiger partial charge in [-0.2, -0.15) is 0 Å². The average Bonchev–Trinajstić information content (AvgIpc) is 2.98. The second-order valence-corrected chi connectivity index (χ2v) is 11.0. The van der Waals surface area contributed by atoms with Crippen molar-refractivity contribution in [1.29, 1.82) is 0 Å². The first-order chi connectivity index (χ1) is 20.3. The number of aromatic hydroxyl groups is 2. The third-order valence-corrected chi connectivity index (χ3v) is 8.31. The Balaban J connectivity index is 1.64. The first-order valence-corrected chi connectivity index (χ1v) is 13.9. The van der Waals surface area contributed by atoms with Crippen LogP contribution in [-0.2, 0) is 30.2 Å². The Labute approximate surface area is 246 Å². The fourth-order valence-electron chi connectivity index (χ4n) is 5.99. The number of carbonyl (C=O) groups is 4. The molecular weight excluding hydrogens is 566 g/mol. The van der Waals surface area contributed by atoms with E-state index in [0.29, 0.717) is 0 Å². The zero-order valence-corrected chi connectivity index (χ0v) is 23.8. The lowest BCUT2D eigenvalue weighted by molar-refractivity contribution is -0.247. The van der Waals surface area contributed by atoms with Crippen molar-refractivity contribution < 1.29 is 58.6 Å². The fourth-order valence-corrected chi connectivity index (χ4v) is 5.99. The summed E-state index contributed by atoms with van der Waals surface area (Å²) in [6, 6.07) is 3.60. The van der Waals surface area contributed by atoms with Gasteiger partial charge in [0.05, 0.1) is 42.1 Å². The maximum atomic E-state index is 13.8. The molecule has 0 amide bonds. The van der Waals surface area contributed by atoms with Gasteiger partial charge in [0.25, 0.3) is 0 Å². The molecule has 0 unspecified atom stereocenters. The van der Waals surface area contributed by atoms with Crippen LogP contribution < -0.4 is 10.5 Å². The lowest BCUT2D eigenvalue weighted by atomic mass is 9.72. The first kappa shape index (κ1) is 30.6. The summed E-state index contributed by atoms with van der Waals surface area (Å²) in [4.78, 5) is 52.3. The number of hydrogen-bond donors (Lipinski definition) is 5. The molecule has 0 radical (unpaired) electrons. The van der Waals surface area contributed by atoms with Gasteiger partial charge in [-0.15, -0.1) is 0 Å². The molecule has 13 heteroatoms. The van der Waals surface area contributed by atoms with Crippen LogP contribution in [0.1, 0.15) is 82.2 Å². The van der Waals surface area contributed by atoms with Crippen LogP contribution in [0.2, 0.25) is 0 Å². The number of phenolic OH excluding ortho intramolecular Hbond substituents is 2. The lowest BCUT2D eigenvalue weighted by Crippen LogP contribution is -2.53. The molecule has 1 fully saturated rings. The van der Waals surface area contributed by atoms with Crippen LogP contribution in [0.15, 0.2) is 18.2 Å². The SMILES string of the molecule is CCC(=O)OCC(=O)[C@@]1(O)Cc2c(O)c3c(c(O)c2[C@@H](O[C@@H]2C[C@H](N)[C@H](O)[C@H](C)O2)C1)C(=O)c1c(OC)cccc1C3=O. The number of aliphatic hydroxyl groups is 2. The zero-order valence-electron chi connectivity index (χ0n) is 23.8. The minimum Gasteiger partial charge on any atom is -0.507 e. The molecule has 6 N–H and O–H groups in total. The maximum Gasteiger partial charge on any atom is 0.305 e. The molecule has 1 heterocycles. The second kappa shape index (κ2) is 11.3. The standard InChI is InChI=1S/C30H33NO12/c1-4-19(33)41-11-18(32)30(39)9-14-22(17(10-30)43-20-8-15(31)25(34)12(2)42-20)29(38)24-23(27(14)36)26(35)13-6-5-7-16(40-3)21(13)28(24)37/h5-7,12,15,17,20,25,34,36,38-39H,4,8-11,31H2,1-3H3/t12-,15-,17-,20+,25+,30+/m0/s1. The zero-order chi connectivity index (χ0) is 31.4. The van der Waals surface area contributed by atoms with E-state index in [0.717, 1.165) is 0 Å². The Bertz CT molecular complexity index is 1510. The Hall–Kier alpha value is -3.88. The number of esters is 1. The van der Waals surface area contributed by atoms with Crippen LogP contribution >= 0.6 is 0 Å². The van der Waals surface area contributed by atoms with E-state index >= 15 is 0 Å². The largest absolute Gasteiger partial charge is 0.507 e. The number of nitrogens with two attached hydrogens (primary N) is 1. The van der Waals surface area contributed by atoms with E-state index in [9.17, 15) is 39.6 Å². The molecule has 43 heavy (non-hydrogen) atoms. The van der Waals surface area contributed by atoms with Crippen molar-refractivity contribution >= 4 is 23.3 Å². The second-order valence-electron chi connectivity index (χ2n) is 11.0. The molecule has 0 spiro atoms. The van der Waals surface area contributed by atoms with E-state index in [1.807, 2.05) is 0 Å². The molecule has 0 saturated carbocycles. The van der Waals surface area contributed by atoms with Crippen LogP contribution in [-0.4, -0.2) is 87.6 Å². The van der Waals surface area contributed by atoms with E-state index < -0.39 is 102 Å². The summed E-state index contributed by atoms with van der Waals surface area (Å²) >= 11 is 0. The van der Waals surface area contributed by atoms with Crippen LogP contribution in [0.5, 0.6) is 17.2 Å². The van der Waals surface area contributed by atoms with Crippen molar-refractivity contribution in [3.63, 3.8) is 0 Å². The van der Waals surface area contributed by atoms with Crippen molar-refractivity contribution in [2.24, 2.45) is 5.73 Å². The van der Waals surface area contributed by atoms with Crippen molar-refractivity contribution in [1.82, 2.24) is 0 Å². The maximum absolute atomic E-state index is 13.8. The highest BCUT2D eigenvalue weighted by Gasteiger charge is 2.50. The highest BCUT2D eigenvalue weighted by atomic mass is 16.7. The Kier molecular flexibility index (Phi) is 8.05. The fraction of sp³-hybridized carbons (Fsp3) is 0.467. The van der Waals surface area contributed by atoms with Crippen molar-refractivity contribution in [3.05, 3.63) is 51.6 Å². The highest BCUT2D eigenvalue weighted by molar-refractivity contribution is 6.31. The van der Waals surface area contributed by atoms with Gasteiger partial charge in [-0.3, -0.25) is 19.2 Å². The van der Waals surface area contributed by atoms with E-state index in [1.165, 1.54) is 32.2 Å². The molecule has 2 aromatic carbocycles. The van der Waals surface area contributed by atoms with Gasteiger partial charge < -0.3 is 45.1 Å². The van der Waals surface area contributed by atoms with Gasteiger partial charge >= 0.3 is 5.97 Å². The quantitative estimate of drug-likeness (QED) is 0.189. The van der Waals surface area contributed by atoms with Crippen molar-refractivity contribution in [2.75, 3.05) is 13.7 Å². The van der Waals surface area contributed by atoms with Crippen LogP contribution in [0.3, 0.4) is 0 Å². The van der Waals surface area contributed by atoms with Gasteiger partial charge in [0.1, 0.15) is 22.8 Å². The number of rotatable bonds is 7. The summed E-state index contributed by atoms with van der Waals surface area (Å²) in [6.07, 6.45) is -5.31. The predicted octanol–water partition coefficient (Wildman–Crippen LogP) is 0.962. The number of phenols is 2. The van der Waals surface area contributed by atoms with Crippen molar-refractivity contribution in [2.45, 2.75) is 75.8 Å². The summed E-state index contributed by atoms with van der Waals surface area (Å²) in [6.45, 7) is 2.33. The number of ether oxygens (including phenoxy) is 4. The minimum absolute atomic E-state index is 0.00248. The summed E-state index contributed by atoms with van der Waals surface area (Å²) in [5.41, 5.74) is 2.29. The number of carbonyl (C=O) groups excluding carboxylic acids is 4. The molecule has 5 rings (SSSR count). The molecule has 0 aromatic heterocycles. The number of methoxy groups -OCH3 is 1. The average molecular weight is 600 g/mol. The number of Topliss-reactive ketones (excluding diaryl/α,β-unsaturated/α-hetero) is 1.